The molecular weight excluding hydrogens is 320 g/mol. The van der Waals surface area contributed by atoms with Gasteiger partial charge < -0.3 is 15.0 Å². The van der Waals surface area contributed by atoms with E-state index in [4.69, 9.17) is 4.74 Å². The number of carbonyl (C=O) groups excluding carboxylic acids is 3. The molecular formula is C19H34N2O4. The predicted octanol–water partition coefficient (Wildman–Crippen LogP) is 2.53. The van der Waals surface area contributed by atoms with Gasteiger partial charge in [0.1, 0.15) is 0 Å². The van der Waals surface area contributed by atoms with E-state index >= 15 is 0 Å². The smallest absolute Gasteiger partial charge is 0.333 e. The summed E-state index contributed by atoms with van der Waals surface area (Å²) in [7, 11) is 1.68. The third-order valence-electron chi connectivity index (χ3n) is 4.44. The molecule has 0 rings (SSSR count). The summed E-state index contributed by atoms with van der Waals surface area (Å²) >= 11 is 0. The van der Waals surface area contributed by atoms with Crippen molar-refractivity contribution in [3.8, 4) is 0 Å². The van der Waals surface area contributed by atoms with Crippen LogP contribution in [-0.4, -0.2) is 48.9 Å². The molecule has 0 aromatic heterocycles. The molecule has 0 saturated heterocycles. The molecule has 6 nitrogen and oxygen atoms in total. The molecule has 144 valence electrons. The zero-order valence-corrected chi connectivity index (χ0v) is 16.9. The molecule has 0 aliphatic heterocycles. The minimum Gasteiger partial charge on any atom is -0.463 e. The van der Waals surface area contributed by atoms with Crippen molar-refractivity contribution in [2.24, 2.45) is 11.3 Å². The van der Waals surface area contributed by atoms with E-state index in [0.29, 0.717) is 18.6 Å². The number of esters is 1. The van der Waals surface area contributed by atoms with Crippen LogP contribution in [0.3, 0.4) is 0 Å². The number of nitrogens with zero attached hydrogens (tertiary/aromatic N) is 1. The van der Waals surface area contributed by atoms with Gasteiger partial charge in [-0.15, -0.1) is 0 Å². The lowest BCUT2D eigenvalue weighted by molar-refractivity contribution is -0.138. The Hall–Kier alpha value is -1.85. The fraction of sp³-hybridized carbons (Fsp3) is 0.737. The van der Waals surface area contributed by atoms with Gasteiger partial charge in [-0.2, -0.15) is 0 Å². The van der Waals surface area contributed by atoms with Crippen molar-refractivity contribution >= 4 is 17.8 Å². The first-order valence-electron chi connectivity index (χ1n) is 8.87. The first-order valence-corrected chi connectivity index (χ1v) is 8.87. The van der Waals surface area contributed by atoms with Gasteiger partial charge in [0, 0.05) is 18.0 Å². The lowest BCUT2D eigenvalue weighted by atomic mass is 9.89. The van der Waals surface area contributed by atoms with Crippen LogP contribution >= 0.6 is 0 Å². The summed E-state index contributed by atoms with van der Waals surface area (Å²) in [6, 6.07) is -0.256. The van der Waals surface area contributed by atoms with Crippen LogP contribution in [0.1, 0.15) is 54.9 Å². The van der Waals surface area contributed by atoms with Crippen molar-refractivity contribution < 1.29 is 19.1 Å². The molecule has 0 aliphatic carbocycles. The Labute approximate surface area is 152 Å². The minimum atomic E-state index is -0.503. The number of ether oxygens (including phenoxy) is 1. The highest BCUT2D eigenvalue weighted by Crippen LogP contribution is 2.19. The summed E-state index contributed by atoms with van der Waals surface area (Å²) in [5, 5.41) is 2.70. The first kappa shape index (κ1) is 23.1. The molecule has 0 aliphatic rings. The predicted molar refractivity (Wildman–Crippen MR) is 98.9 cm³/mol. The van der Waals surface area contributed by atoms with Gasteiger partial charge >= 0.3 is 5.97 Å². The summed E-state index contributed by atoms with van der Waals surface area (Å²) in [5.41, 5.74) is -0.0344. The molecule has 0 saturated carbocycles. The Balaban J connectivity index is 5.02. The van der Waals surface area contributed by atoms with Crippen molar-refractivity contribution in [2.45, 2.75) is 60.9 Å². The van der Waals surface area contributed by atoms with E-state index in [1.807, 2.05) is 34.6 Å². The average molecular weight is 354 g/mol. The number of hydrogen-bond donors (Lipinski definition) is 1. The summed E-state index contributed by atoms with van der Waals surface area (Å²) in [6.45, 7) is 13.3. The van der Waals surface area contributed by atoms with Crippen LogP contribution in [0.15, 0.2) is 11.6 Å². The van der Waals surface area contributed by atoms with Gasteiger partial charge in [-0.25, -0.2) is 4.79 Å². The Bertz CT molecular complexity index is 510. The standard InChI is InChI=1S/C19H34N2O4/c1-9-19(6,7)18(24)20-12-16(22)21(8)15(13(3)4)11-14(5)17(23)25-10-2/h11,13,15H,9-10,12H2,1-8H3,(H,20,24)/b14-11+/t15-/m1/s1. The summed E-state index contributed by atoms with van der Waals surface area (Å²) in [6.07, 6.45) is 2.44. The fourth-order valence-corrected chi connectivity index (χ4v) is 2.17. The lowest BCUT2D eigenvalue weighted by Gasteiger charge is -2.30. The SMILES string of the molecule is CCOC(=O)/C(C)=C/[C@H](C(C)C)N(C)C(=O)CNC(=O)C(C)(C)CC. The van der Waals surface area contributed by atoms with Crippen LogP contribution in [0.5, 0.6) is 0 Å². The van der Waals surface area contributed by atoms with E-state index in [9.17, 15) is 14.4 Å². The van der Waals surface area contributed by atoms with Crippen LogP contribution in [0.25, 0.3) is 0 Å². The molecule has 0 fully saturated rings. The number of likely N-dealkylation sites (N-methyl/N-ethyl adjacent to an activating group) is 1. The molecule has 0 aromatic rings. The minimum absolute atomic E-state index is 0.0612. The van der Waals surface area contributed by atoms with Gasteiger partial charge in [0.2, 0.25) is 11.8 Å². The van der Waals surface area contributed by atoms with E-state index in [2.05, 4.69) is 5.32 Å². The fourth-order valence-electron chi connectivity index (χ4n) is 2.17. The van der Waals surface area contributed by atoms with Crippen LogP contribution < -0.4 is 5.32 Å². The van der Waals surface area contributed by atoms with Gasteiger partial charge in [0.05, 0.1) is 19.2 Å². The number of hydrogen-bond acceptors (Lipinski definition) is 4. The second-order valence-corrected chi connectivity index (χ2v) is 7.23. The zero-order valence-electron chi connectivity index (χ0n) is 16.9. The van der Waals surface area contributed by atoms with E-state index in [1.54, 1.807) is 31.9 Å². The van der Waals surface area contributed by atoms with Gasteiger partial charge in [0.15, 0.2) is 0 Å². The topological polar surface area (TPSA) is 75.7 Å². The number of nitrogens with one attached hydrogen (secondary N) is 1. The largest absolute Gasteiger partial charge is 0.463 e. The summed E-state index contributed by atoms with van der Waals surface area (Å²) in [4.78, 5) is 37.9. The van der Waals surface area contributed by atoms with Crippen LogP contribution in [-0.2, 0) is 19.1 Å². The second kappa shape index (κ2) is 10.2. The molecule has 0 radical (unpaired) electrons. The van der Waals surface area contributed by atoms with E-state index in [1.165, 1.54) is 0 Å². The number of rotatable bonds is 9. The maximum absolute atomic E-state index is 12.5. The maximum Gasteiger partial charge on any atom is 0.333 e. The highest BCUT2D eigenvalue weighted by molar-refractivity contribution is 5.89. The number of carbonyl (C=O) groups is 3. The molecule has 0 aromatic carbocycles. The molecule has 25 heavy (non-hydrogen) atoms. The third kappa shape index (κ3) is 7.28. The van der Waals surface area contributed by atoms with Gasteiger partial charge in [-0.3, -0.25) is 9.59 Å². The molecule has 0 spiro atoms. The summed E-state index contributed by atoms with van der Waals surface area (Å²) in [5.74, 6) is -0.615. The monoisotopic (exact) mass is 354 g/mol. The van der Waals surface area contributed by atoms with E-state index in [-0.39, 0.29) is 36.3 Å². The quantitative estimate of drug-likeness (QED) is 0.510. The maximum atomic E-state index is 12.5. The van der Waals surface area contributed by atoms with Crippen molar-refractivity contribution in [1.82, 2.24) is 10.2 Å². The normalized spacial score (nSPS) is 13.4. The zero-order chi connectivity index (χ0) is 19.8. The summed E-state index contributed by atoms with van der Waals surface area (Å²) < 4.78 is 4.99. The Morgan fingerprint density at radius 3 is 2.20 bits per heavy atom. The van der Waals surface area contributed by atoms with Crippen LogP contribution in [0.4, 0.5) is 0 Å². The molecule has 1 N–H and O–H groups in total. The first-order chi connectivity index (χ1) is 11.5. The van der Waals surface area contributed by atoms with Crippen molar-refractivity contribution in [3.05, 3.63) is 11.6 Å². The Morgan fingerprint density at radius 2 is 1.76 bits per heavy atom. The molecule has 0 bridgehead atoms. The highest BCUT2D eigenvalue weighted by atomic mass is 16.5. The lowest BCUT2D eigenvalue weighted by Crippen LogP contribution is -2.47. The molecule has 1 atom stereocenters. The molecule has 6 heteroatoms. The Kier molecular flexibility index (Phi) is 9.46. The van der Waals surface area contributed by atoms with Gasteiger partial charge in [-0.05, 0) is 26.2 Å². The van der Waals surface area contributed by atoms with E-state index < -0.39 is 5.41 Å². The molecule has 0 heterocycles. The van der Waals surface area contributed by atoms with Crippen molar-refractivity contribution in [2.75, 3.05) is 20.2 Å². The van der Waals surface area contributed by atoms with Crippen LogP contribution in [0, 0.1) is 11.3 Å². The van der Waals surface area contributed by atoms with Crippen molar-refractivity contribution in [1.29, 1.82) is 0 Å². The third-order valence-corrected chi connectivity index (χ3v) is 4.44. The number of amides is 2. The highest BCUT2D eigenvalue weighted by Gasteiger charge is 2.27. The van der Waals surface area contributed by atoms with Gasteiger partial charge in [0.25, 0.3) is 0 Å². The average Bonchev–Trinajstić information content (AvgIpc) is 2.55. The van der Waals surface area contributed by atoms with Crippen LogP contribution in [0.2, 0.25) is 0 Å². The molecule has 2 amide bonds. The Morgan fingerprint density at radius 1 is 1.20 bits per heavy atom. The van der Waals surface area contributed by atoms with E-state index in [0.717, 1.165) is 0 Å². The second-order valence-electron chi connectivity index (χ2n) is 7.23. The van der Waals surface area contributed by atoms with Gasteiger partial charge in [-0.1, -0.05) is 40.7 Å². The molecule has 0 unspecified atom stereocenters. The van der Waals surface area contributed by atoms with Crippen molar-refractivity contribution in [3.63, 3.8) is 0 Å².